The van der Waals surface area contributed by atoms with Gasteiger partial charge in [-0.05, 0) is 37.5 Å². The van der Waals surface area contributed by atoms with Crippen molar-refractivity contribution in [2.24, 2.45) is 17.3 Å². The highest BCUT2D eigenvalue weighted by Crippen LogP contribution is 2.47. The minimum atomic E-state index is -0.398. The number of piperidine rings is 1. The van der Waals surface area contributed by atoms with Gasteiger partial charge in [-0.25, -0.2) is 0 Å². The number of likely N-dealkylation sites (tertiary alicyclic amines) is 1. The van der Waals surface area contributed by atoms with E-state index in [4.69, 9.17) is 6.42 Å². The molecule has 1 amide bonds. The van der Waals surface area contributed by atoms with Crippen LogP contribution in [0.3, 0.4) is 0 Å². The monoisotopic (exact) mass is 219 g/mol. The Labute approximate surface area is 98.4 Å². The average Bonchev–Trinajstić information content (AvgIpc) is 3.09. The van der Waals surface area contributed by atoms with Gasteiger partial charge in [0.05, 0.1) is 0 Å². The molecule has 2 fully saturated rings. The Morgan fingerprint density at radius 3 is 2.31 bits per heavy atom. The quantitative estimate of drug-likeness (QED) is 0.653. The first kappa shape index (κ1) is 11.5. The van der Waals surface area contributed by atoms with Crippen LogP contribution in [0.1, 0.15) is 39.5 Å². The van der Waals surface area contributed by atoms with Crippen LogP contribution in [-0.2, 0) is 4.79 Å². The van der Waals surface area contributed by atoms with Crippen LogP contribution in [0.25, 0.3) is 0 Å². The largest absolute Gasteiger partial charge is 0.341 e. The number of hydrogen-bond acceptors (Lipinski definition) is 1. The van der Waals surface area contributed by atoms with Gasteiger partial charge < -0.3 is 4.90 Å². The summed E-state index contributed by atoms with van der Waals surface area (Å²) in [6.07, 6.45) is 9.53. The van der Waals surface area contributed by atoms with Gasteiger partial charge in [0.15, 0.2) is 0 Å². The zero-order chi connectivity index (χ0) is 11.8. The average molecular weight is 219 g/mol. The Balaban J connectivity index is 1.90. The first-order chi connectivity index (χ1) is 7.59. The fourth-order valence-electron chi connectivity index (χ4n) is 2.62. The Morgan fingerprint density at radius 1 is 1.38 bits per heavy atom. The molecule has 2 aliphatic rings. The Morgan fingerprint density at radius 2 is 1.94 bits per heavy atom. The standard InChI is InChI=1S/C14H21NO/c1-4-14(7-8-14)13(16)15-9-5-12(6-10-15)11(2)3/h1,11-12H,5-10H2,2-3H3. The number of terminal acetylenes is 1. The zero-order valence-corrected chi connectivity index (χ0v) is 10.3. The maximum absolute atomic E-state index is 12.2. The van der Waals surface area contributed by atoms with E-state index >= 15 is 0 Å². The molecule has 1 aliphatic carbocycles. The predicted octanol–water partition coefficient (Wildman–Crippen LogP) is 2.29. The second kappa shape index (κ2) is 4.13. The normalized spacial score (nSPS) is 24.2. The number of carbonyl (C=O) groups excluding carboxylic acids is 1. The smallest absolute Gasteiger partial charge is 0.240 e. The van der Waals surface area contributed by atoms with Crippen molar-refractivity contribution in [3.63, 3.8) is 0 Å². The first-order valence-corrected chi connectivity index (χ1v) is 6.36. The minimum Gasteiger partial charge on any atom is -0.341 e. The summed E-state index contributed by atoms with van der Waals surface area (Å²) in [5.74, 6) is 4.43. The highest BCUT2D eigenvalue weighted by molar-refractivity contribution is 5.88. The van der Waals surface area contributed by atoms with Crippen LogP contribution in [0.5, 0.6) is 0 Å². The van der Waals surface area contributed by atoms with Gasteiger partial charge >= 0.3 is 0 Å². The van der Waals surface area contributed by atoms with E-state index in [1.807, 2.05) is 4.90 Å². The SMILES string of the molecule is C#CC1(C(=O)N2CCC(C(C)C)CC2)CC1. The minimum absolute atomic E-state index is 0.220. The molecule has 2 nitrogen and oxygen atoms in total. The maximum Gasteiger partial charge on any atom is 0.240 e. The maximum atomic E-state index is 12.2. The lowest BCUT2D eigenvalue weighted by Crippen LogP contribution is -2.43. The summed E-state index contributed by atoms with van der Waals surface area (Å²) in [7, 11) is 0. The Hall–Kier alpha value is -0.970. The summed E-state index contributed by atoms with van der Waals surface area (Å²) in [4.78, 5) is 14.2. The molecule has 2 heteroatoms. The molecule has 0 radical (unpaired) electrons. The molecule has 1 heterocycles. The number of rotatable bonds is 2. The molecule has 0 bridgehead atoms. The molecule has 0 aromatic carbocycles. The second-order valence-electron chi connectivity index (χ2n) is 5.60. The summed E-state index contributed by atoms with van der Waals surface area (Å²) in [6, 6.07) is 0. The van der Waals surface area contributed by atoms with E-state index in [2.05, 4.69) is 19.8 Å². The molecule has 16 heavy (non-hydrogen) atoms. The molecule has 0 spiro atoms. The van der Waals surface area contributed by atoms with E-state index < -0.39 is 5.41 Å². The van der Waals surface area contributed by atoms with E-state index in [0.29, 0.717) is 0 Å². The molecule has 0 unspecified atom stereocenters. The number of amides is 1. The van der Waals surface area contributed by atoms with E-state index in [0.717, 1.165) is 50.6 Å². The Bertz CT molecular complexity index is 314. The van der Waals surface area contributed by atoms with Crippen molar-refractivity contribution in [1.82, 2.24) is 4.90 Å². The number of carbonyl (C=O) groups is 1. The number of hydrogen-bond donors (Lipinski definition) is 0. The molecule has 88 valence electrons. The van der Waals surface area contributed by atoms with Crippen LogP contribution in [0.15, 0.2) is 0 Å². The van der Waals surface area contributed by atoms with Crippen LogP contribution in [0, 0.1) is 29.6 Å². The van der Waals surface area contributed by atoms with Crippen molar-refractivity contribution >= 4 is 5.91 Å². The summed E-state index contributed by atoms with van der Waals surface area (Å²) in [5.41, 5.74) is -0.398. The highest BCUT2D eigenvalue weighted by atomic mass is 16.2. The van der Waals surface area contributed by atoms with Crippen molar-refractivity contribution < 1.29 is 4.79 Å². The lowest BCUT2D eigenvalue weighted by atomic mass is 9.86. The molecule has 2 rings (SSSR count). The van der Waals surface area contributed by atoms with Crippen LogP contribution < -0.4 is 0 Å². The van der Waals surface area contributed by atoms with Crippen LogP contribution in [-0.4, -0.2) is 23.9 Å². The van der Waals surface area contributed by atoms with Crippen molar-refractivity contribution in [3.8, 4) is 12.3 Å². The summed E-state index contributed by atoms with van der Waals surface area (Å²) in [5, 5.41) is 0. The van der Waals surface area contributed by atoms with Crippen molar-refractivity contribution in [1.29, 1.82) is 0 Å². The molecular weight excluding hydrogens is 198 g/mol. The van der Waals surface area contributed by atoms with E-state index in [1.54, 1.807) is 0 Å². The molecular formula is C14H21NO. The van der Waals surface area contributed by atoms with Crippen LogP contribution in [0.4, 0.5) is 0 Å². The third-order valence-corrected chi connectivity index (χ3v) is 4.21. The predicted molar refractivity (Wildman–Crippen MR) is 64.6 cm³/mol. The molecule has 1 aliphatic heterocycles. The van der Waals surface area contributed by atoms with Gasteiger partial charge in [-0.2, -0.15) is 0 Å². The summed E-state index contributed by atoms with van der Waals surface area (Å²) in [6.45, 7) is 6.36. The third-order valence-electron chi connectivity index (χ3n) is 4.21. The van der Waals surface area contributed by atoms with Crippen LogP contribution in [0.2, 0.25) is 0 Å². The summed E-state index contributed by atoms with van der Waals surface area (Å²) < 4.78 is 0. The molecule has 1 saturated carbocycles. The molecule has 0 N–H and O–H groups in total. The molecule has 0 aromatic heterocycles. The van der Waals surface area contributed by atoms with E-state index in [9.17, 15) is 4.79 Å². The molecule has 0 aromatic rings. The fraction of sp³-hybridized carbons (Fsp3) is 0.786. The van der Waals surface area contributed by atoms with Gasteiger partial charge in [-0.1, -0.05) is 19.8 Å². The van der Waals surface area contributed by atoms with Crippen molar-refractivity contribution in [3.05, 3.63) is 0 Å². The van der Waals surface area contributed by atoms with Gasteiger partial charge in [0.1, 0.15) is 5.41 Å². The van der Waals surface area contributed by atoms with Gasteiger partial charge in [0.2, 0.25) is 5.91 Å². The Kier molecular flexibility index (Phi) is 2.97. The lowest BCUT2D eigenvalue weighted by Gasteiger charge is -2.35. The summed E-state index contributed by atoms with van der Waals surface area (Å²) >= 11 is 0. The fourth-order valence-corrected chi connectivity index (χ4v) is 2.62. The third kappa shape index (κ3) is 1.96. The topological polar surface area (TPSA) is 20.3 Å². The van der Waals surface area contributed by atoms with Gasteiger partial charge in [-0.3, -0.25) is 4.79 Å². The van der Waals surface area contributed by atoms with Gasteiger partial charge in [-0.15, -0.1) is 6.42 Å². The molecule has 0 atom stereocenters. The zero-order valence-electron chi connectivity index (χ0n) is 10.3. The highest BCUT2D eigenvalue weighted by Gasteiger charge is 2.50. The lowest BCUT2D eigenvalue weighted by molar-refractivity contribution is -0.136. The van der Waals surface area contributed by atoms with Crippen molar-refractivity contribution in [2.75, 3.05) is 13.1 Å². The first-order valence-electron chi connectivity index (χ1n) is 6.36. The van der Waals surface area contributed by atoms with Gasteiger partial charge in [0, 0.05) is 13.1 Å². The van der Waals surface area contributed by atoms with E-state index in [1.165, 1.54) is 0 Å². The van der Waals surface area contributed by atoms with Crippen molar-refractivity contribution in [2.45, 2.75) is 39.5 Å². The van der Waals surface area contributed by atoms with Crippen LogP contribution >= 0.6 is 0 Å². The van der Waals surface area contributed by atoms with E-state index in [-0.39, 0.29) is 5.91 Å². The van der Waals surface area contributed by atoms with Gasteiger partial charge in [0.25, 0.3) is 0 Å². The molecule has 1 saturated heterocycles. The number of nitrogens with zero attached hydrogens (tertiary/aromatic N) is 1. The second-order valence-corrected chi connectivity index (χ2v) is 5.60.